The summed E-state index contributed by atoms with van der Waals surface area (Å²) in [5, 5.41) is 5.41. The van der Waals surface area contributed by atoms with Crippen molar-refractivity contribution in [3.63, 3.8) is 0 Å². The molecule has 34 heavy (non-hydrogen) atoms. The van der Waals surface area contributed by atoms with Gasteiger partial charge in [0.25, 0.3) is 15.9 Å². The number of sulfonamides is 1. The zero-order valence-electron chi connectivity index (χ0n) is 18.9. The van der Waals surface area contributed by atoms with Gasteiger partial charge in [-0.1, -0.05) is 18.2 Å². The quantitative estimate of drug-likeness (QED) is 0.408. The van der Waals surface area contributed by atoms with Crippen LogP contribution < -0.4 is 20.1 Å². The highest BCUT2D eigenvalue weighted by Gasteiger charge is 2.21. The normalized spacial score (nSPS) is 10.9. The second-order valence-electron chi connectivity index (χ2n) is 7.42. The smallest absolute Gasteiger partial charge is 0.262 e. The fourth-order valence-corrected chi connectivity index (χ4v) is 4.48. The van der Waals surface area contributed by atoms with Gasteiger partial charge in [0.05, 0.1) is 17.7 Å². The van der Waals surface area contributed by atoms with Gasteiger partial charge in [-0.05, 0) is 54.4 Å². The van der Waals surface area contributed by atoms with E-state index in [2.05, 4.69) is 20.3 Å². The molecule has 0 fully saturated rings. The molecule has 2 amide bonds. The molecule has 0 bridgehead atoms. The number of carbonyl (C=O) groups excluding carboxylic acids is 2. The summed E-state index contributed by atoms with van der Waals surface area (Å²) in [6.45, 7) is 2.12. The monoisotopic (exact) mass is 482 g/mol. The number of aryl methyl sites for hydroxylation is 1. The van der Waals surface area contributed by atoms with Crippen molar-refractivity contribution in [2.45, 2.75) is 24.8 Å². The highest BCUT2D eigenvalue weighted by Crippen LogP contribution is 2.27. The number of ether oxygens (including phenoxy) is 1. The second-order valence-corrected chi connectivity index (χ2v) is 9.07. The van der Waals surface area contributed by atoms with Crippen molar-refractivity contribution >= 4 is 27.5 Å². The molecule has 3 rings (SSSR count). The van der Waals surface area contributed by atoms with Crippen LogP contribution in [0.1, 0.15) is 27.9 Å². The molecule has 1 aromatic heterocycles. The summed E-state index contributed by atoms with van der Waals surface area (Å²) in [6.07, 6.45) is 3.37. The number of nitrogens with zero attached hydrogens (tertiary/aromatic N) is 1. The topological polar surface area (TPSA) is 126 Å². The lowest BCUT2D eigenvalue weighted by molar-refractivity contribution is -0.121. The average Bonchev–Trinajstić information content (AvgIpc) is 2.83. The van der Waals surface area contributed by atoms with Crippen LogP contribution >= 0.6 is 0 Å². The average molecular weight is 483 g/mol. The van der Waals surface area contributed by atoms with E-state index in [1.165, 1.54) is 19.2 Å². The lowest BCUT2D eigenvalue weighted by atomic mass is 10.1. The maximum absolute atomic E-state index is 13.0. The highest BCUT2D eigenvalue weighted by molar-refractivity contribution is 7.92. The Morgan fingerprint density at radius 3 is 2.47 bits per heavy atom. The van der Waals surface area contributed by atoms with Crippen LogP contribution in [0.5, 0.6) is 5.75 Å². The molecule has 0 spiro atoms. The molecular formula is C24H26N4O5S. The van der Waals surface area contributed by atoms with Crippen molar-refractivity contribution in [2.24, 2.45) is 0 Å². The number of nitrogens with one attached hydrogen (secondary N) is 3. The van der Waals surface area contributed by atoms with Crippen LogP contribution in [0, 0.1) is 6.92 Å². The molecule has 3 aromatic rings. The van der Waals surface area contributed by atoms with Crippen molar-refractivity contribution in [2.75, 3.05) is 18.4 Å². The van der Waals surface area contributed by atoms with Gasteiger partial charge in [-0.2, -0.15) is 0 Å². The van der Waals surface area contributed by atoms with Crippen LogP contribution in [0.2, 0.25) is 0 Å². The molecule has 3 N–H and O–H groups in total. The first-order valence-electron chi connectivity index (χ1n) is 10.5. The van der Waals surface area contributed by atoms with Crippen LogP contribution in [0.3, 0.4) is 0 Å². The molecule has 0 saturated carbocycles. The Balaban J connectivity index is 1.61. The maximum atomic E-state index is 13.0. The van der Waals surface area contributed by atoms with E-state index in [1.54, 1.807) is 61.8 Å². The van der Waals surface area contributed by atoms with Crippen molar-refractivity contribution < 1.29 is 22.7 Å². The zero-order chi connectivity index (χ0) is 24.6. The molecule has 10 heteroatoms. The lowest BCUT2D eigenvalue weighted by Crippen LogP contribution is -2.30. The third-order valence-corrected chi connectivity index (χ3v) is 6.48. The Kier molecular flexibility index (Phi) is 8.20. The van der Waals surface area contributed by atoms with Crippen molar-refractivity contribution in [3.05, 3.63) is 83.7 Å². The predicted octanol–water partition coefficient (Wildman–Crippen LogP) is 2.64. The first kappa shape index (κ1) is 24.7. The van der Waals surface area contributed by atoms with E-state index < -0.39 is 15.9 Å². The number of anilines is 1. The van der Waals surface area contributed by atoms with E-state index in [9.17, 15) is 18.0 Å². The summed E-state index contributed by atoms with van der Waals surface area (Å²) in [7, 11) is -2.53. The van der Waals surface area contributed by atoms with Gasteiger partial charge in [0, 0.05) is 37.5 Å². The molecule has 0 aliphatic rings. The molecular weight excluding hydrogens is 456 g/mol. The van der Waals surface area contributed by atoms with Crippen LogP contribution in [0.25, 0.3) is 0 Å². The maximum Gasteiger partial charge on any atom is 0.262 e. The van der Waals surface area contributed by atoms with Crippen molar-refractivity contribution in [3.8, 4) is 5.75 Å². The molecule has 9 nitrogen and oxygen atoms in total. The van der Waals surface area contributed by atoms with Crippen LogP contribution in [0.15, 0.2) is 71.9 Å². The first-order chi connectivity index (χ1) is 16.3. The fourth-order valence-electron chi connectivity index (χ4n) is 3.14. The number of amides is 2. The highest BCUT2D eigenvalue weighted by atomic mass is 32.2. The summed E-state index contributed by atoms with van der Waals surface area (Å²) in [5.41, 5.74) is 1.86. The Labute approximate surface area is 198 Å². The molecule has 178 valence electrons. The van der Waals surface area contributed by atoms with Crippen LogP contribution in [-0.4, -0.2) is 38.9 Å². The predicted molar refractivity (Wildman–Crippen MR) is 128 cm³/mol. The Hall–Kier alpha value is -3.92. The largest absolute Gasteiger partial charge is 0.495 e. The molecule has 0 aliphatic heterocycles. The minimum absolute atomic E-state index is 0.0267. The first-order valence-corrected chi connectivity index (χ1v) is 12.0. The van der Waals surface area contributed by atoms with E-state index in [4.69, 9.17) is 4.74 Å². The minimum atomic E-state index is -3.98. The van der Waals surface area contributed by atoms with Gasteiger partial charge in [-0.15, -0.1) is 0 Å². The zero-order valence-corrected chi connectivity index (χ0v) is 19.7. The lowest BCUT2D eigenvalue weighted by Gasteiger charge is -2.14. The van der Waals surface area contributed by atoms with Gasteiger partial charge in [0.2, 0.25) is 5.91 Å². The molecule has 2 aromatic carbocycles. The molecule has 0 unspecified atom stereocenters. The molecule has 0 aliphatic carbocycles. The third-order valence-electron chi connectivity index (χ3n) is 4.97. The summed E-state index contributed by atoms with van der Waals surface area (Å²) >= 11 is 0. The Morgan fingerprint density at radius 2 is 1.74 bits per heavy atom. The third kappa shape index (κ3) is 6.55. The number of hydrogen-bond donors (Lipinski definition) is 3. The number of benzene rings is 2. The van der Waals surface area contributed by atoms with Gasteiger partial charge in [0.1, 0.15) is 5.75 Å². The number of aromatic nitrogens is 1. The van der Waals surface area contributed by atoms with Gasteiger partial charge in [-0.25, -0.2) is 8.42 Å². The van der Waals surface area contributed by atoms with E-state index in [1.807, 2.05) is 0 Å². The summed E-state index contributed by atoms with van der Waals surface area (Å²) < 4.78 is 33.7. The Bertz CT molecular complexity index is 1260. The van der Waals surface area contributed by atoms with E-state index in [0.717, 1.165) is 5.56 Å². The summed E-state index contributed by atoms with van der Waals surface area (Å²) in [4.78, 5) is 28.5. The van der Waals surface area contributed by atoms with Crippen LogP contribution in [0.4, 0.5) is 5.69 Å². The van der Waals surface area contributed by atoms with Gasteiger partial charge in [0.15, 0.2) is 0 Å². The fraction of sp³-hybridized carbons (Fsp3) is 0.208. The van der Waals surface area contributed by atoms with E-state index in [-0.39, 0.29) is 35.0 Å². The van der Waals surface area contributed by atoms with Crippen molar-refractivity contribution in [1.29, 1.82) is 0 Å². The number of pyridine rings is 1. The molecule has 1 heterocycles. The SMILES string of the molecule is COc1ccccc1NS(=O)(=O)c1cc(C(=O)NCCC(=O)NCc2ccncc2)ccc1C. The van der Waals surface area contributed by atoms with Gasteiger partial charge >= 0.3 is 0 Å². The second kappa shape index (κ2) is 11.3. The number of carbonyl (C=O) groups is 2. The standard InChI is InChI=1S/C24H26N4O5S/c1-17-7-8-19(15-22(17)34(31,32)28-20-5-3-4-6-21(20)33-2)24(30)26-14-11-23(29)27-16-18-9-12-25-13-10-18/h3-10,12-13,15,28H,11,14,16H2,1-2H3,(H,26,30)(H,27,29). The molecule has 0 radical (unpaired) electrons. The number of methoxy groups -OCH3 is 1. The number of para-hydroxylation sites is 2. The Morgan fingerprint density at radius 1 is 1.00 bits per heavy atom. The van der Waals surface area contributed by atoms with Gasteiger partial charge < -0.3 is 15.4 Å². The summed E-state index contributed by atoms with van der Waals surface area (Å²) in [5.74, 6) is -0.319. The van der Waals surface area contributed by atoms with Gasteiger partial charge in [-0.3, -0.25) is 19.3 Å². The van der Waals surface area contributed by atoms with E-state index >= 15 is 0 Å². The number of rotatable bonds is 10. The summed E-state index contributed by atoms with van der Waals surface area (Å²) in [6, 6.07) is 14.7. The van der Waals surface area contributed by atoms with Crippen molar-refractivity contribution in [1.82, 2.24) is 15.6 Å². The van der Waals surface area contributed by atoms with Crippen LogP contribution in [-0.2, 0) is 21.4 Å². The number of hydrogen-bond acceptors (Lipinski definition) is 6. The minimum Gasteiger partial charge on any atom is -0.495 e. The van der Waals surface area contributed by atoms with E-state index in [0.29, 0.717) is 17.9 Å². The molecule has 0 saturated heterocycles. The molecule has 0 atom stereocenters.